The summed E-state index contributed by atoms with van der Waals surface area (Å²) in [6.07, 6.45) is 20.7. The molecular weight excluding hydrogens is 711 g/mol. The van der Waals surface area contributed by atoms with Crippen LogP contribution in [0.25, 0.3) is 0 Å². The first-order valence-electron chi connectivity index (χ1n) is 23.0. The Kier molecular flexibility index (Phi) is 34.2. The summed E-state index contributed by atoms with van der Waals surface area (Å²) >= 11 is 0. The van der Waals surface area contributed by atoms with Crippen LogP contribution in [0.4, 0.5) is 0 Å². The molecule has 0 aliphatic heterocycles. The van der Waals surface area contributed by atoms with Crippen molar-refractivity contribution in [3.63, 3.8) is 0 Å². The van der Waals surface area contributed by atoms with E-state index in [0.29, 0.717) is 48.7 Å². The number of carbonyl (C=O) groups excluding carboxylic acids is 1. The minimum Gasteiger partial charge on any atom is -0.393 e. The van der Waals surface area contributed by atoms with E-state index in [1.165, 1.54) is 51.4 Å². The second kappa shape index (κ2) is 33.6. The van der Waals surface area contributed by atoms with Gasteiger partial charge < -0.3 is 40.3 Å². The van der Waals surface area contributed by atoms with Gasteiger partial charge in [-0.3, -0.25) is 4.79 Å². The highest BCUT2D eigenvalue weighted by Gasteiger charge is 2.28. The standard InChI is InChI=1S/C11H23N.C9H19NO.C8H12O2.C7H17NO.C7H15N.C6H13N/c1-9(2)12-10-5-7-11(3,4)8-6-10;1-7(2)10-8-3-5-9(11)6-4-8;1-4-8(9)5-6-10-7(2)3;1-7(2)8(3)5-6-9-4;1-6(2)8(3)7-4-5-7;1-5(2)7-6-3-4-6/h9-10,12H,5-8H2,1-4H3;7-11H,3-6H2,1-2H3;1,7H,5-6H2,2-3H3;7H,5-6H2,1-4H3;6-7H,4-5H2,1-3H3;5-7H,3-4H2,1-2H3. The summed E-state index contributed by atoms with van der Waals surface area (Å²) in [6, 6.07) is 6.52. The van der Waals surface area contributed by atoms with Crippen LogP contribution in [0.5, 0.6) is 0 Å². The Morgan fingerprint density at radius 1 is 0.702 bits per heavy atom. The summed E-state index contributed by atoms with van der Waals surface area (Å²) < 4.78 is 10.0. The number of carbonyl (C=O) groups is 1. The van der Waals surface area contributed by atoms with Crippen LogP contribution >= 0.6 is 0 Å². The van der Waals surface area contributed by atoms with Crippen LogP contribution in [-0.2, 0) is 14.3 Å². The zero-order chi connectivity index (χ0) is 44.1. The Hall–Kier alpha value is -1.09. The fourth-order valence-corrected chi connectivity index (χ4v) is 6.33. The van der Waals surface area contributed by atoms with Gasteiger partial charge in [0.1, 0.15) is 0 Å². The zero-order valence-electron chi connectivity index (χ0n) is 40.8. The molecule has 4 fully saturated rings. The van der Waals surface area contributed by atoms with Crippen molar-refractivity contribution < 1.29 is 19.4 Å². The lowest BCUT2D eigenvalue weighted by atomic mass is 9.75. The second-order valence-electron chi connectivity index (χ2n) is 19.5. The molecule has 4 rings (SSSR count). The molecule has 340 valence electrons. The van der Waals surface area contributed by atoms with Gasteiger partial charge in [0.05, 0.1) is 25.4 Å². The SMILES string of the molecule is C#CC(=O)CCOC(C)C.CC(C)N(C)C1CC1.CC(C)NC1CC1.CC(C)NC1CCC(C)(C)CC1.CC(C)NC1CCC(O)CC1.COCCN(C)C(C)C. The fraction of sp³-hybridized carbons (Fsp3) is 0.938. The van der Waals surface area contributed by atoms with Gasteiger partial charge in [-0.25, -0.2) is 0 Å². The van der Waals surface area contributed by atoms with Crippen molar-refractivity contribution in [1.29, 1.82) is 0 Å². The van der Waals surface area contributed by atoms with Gasteiger partial charge in [0, 0.05) is 74.5 Å². The molecule has 0 bridgehead atoms. The number of hydrogen-bond acceptors (Lipinski definition) is 9. The molecule has 4 N–H and O–H groups in total. The molecule has 57 heavy (non-hydrogen) atoms. The summed E-state index contributed by atoms with van der Waals surface area (Å²) in [5.41, 5.74) is 0.606. The number of methoxy groups -OCH3 is 1. The molecule has 0 amide bonds. The Bertz CT molecular complexity index is 968. The zero-order valence-corrected chi connectivity index (χ0v) is 40.8. The second-order valence-corrected chi connectivity index (χ2v) is 19.5. The van der Waals surface area contributed by atoms with Crippen molar-refractivity contribution in [1.82, 2.24) is 25.8 Å². The van der Waals surface area contributed by atoms with Crippen LogP contribution in [0, 0.1) is 17.8 Å². The van der Waals surface area contributed by atoms with Crippen molar-refractivity contribution in [3.05, 3.63) is 0 Å². The highest BCUT2D eigenvalue weighted by atomic mass is 16.5. The maximum atomic E-state index is 10.5. The predicted octanol–water partition coefficient (Wildman–Crippen LogP) is 8.85. The normalized spacial score (nSPS) is 20.4. The third-order valence-corrected chi connectivity index (χ3v) is 10.7. The van der Waals surface area contributed by atoms with E-state index < -0.39 is 0 Å². The molecule has 0 unspecified atom stereocenters. The number of ketones is 1. The molecule has 0 heterocycles. The number of nitrogens with one attached hydrogen (secondary N) is 3. The molecule has 4 saturated carbocycles. The molecule has 4 aliphatic rings. The Labute approximate surface area is 355 Å². The maximum Gasteiger partial charge on any atom is 0.207 e. The first-order chi connectivity index (χ1) is 26.5. The molecule has 0 radical (unpaired) electrons. The van der Waals surface area contributed by atoms with E-state index in [-0.39, 0.29) is 18.0 Å². The lowest BCUT2D eigenvalue weighted by Gasteiger charge is -2.35. The van der Waals surface area contributed by atoms with Crippen molar-refractivity contribution in [2.75, 3.05) is 41.0 Å². The van der Waals surface area contributed by atoms with Crippen LogP contribution in [0.3, 0.4) is 0 Å². The molecule has 0 saturated heterocycles. The average Bonchev–Trinajstić information content (AvgIpc) is 4.06. The largest absolute Gasteiger partial charge is 0.393 e. The summed E-state index contributed by atoms with van der Waals surface area (Å²) in [5.74, 6) is 1.83. The fourth-order valence-electron chi connectivity index (χ4n) is 6.33. The van der Waals surface area contributed by atoms with Crippen LogP contribution < -0.4 is 16.0 Å². The summed E-state index contributed by atoms with van der Waals surface area (Å²) in [6.45, 7) is 32.9. The maximum absolute atomic E-state index is 10.5. The molecule has 9 nitrogen and oxygen atoms in total. The number of likely N-dealkylation sites (N-methyl/N-ethyl adjacent to an activating group) is 1. The Balaban J connectivity index is 0. The van der Waals surface area contributed by atoms with Gasteiger partial charge in [0.25, 0.3) is 0 Å². The van der Waals surface area contributed by atoms with E-state index in [1.54, 1.807) is 7.11 Å². The van der Waals surface area contributed by atoms with Crippen LogP contribution in [-0.4, -0.2) is 128 Å². The van der Waals surface area contributed by atoms with E-state index in [9.17, 15) is 9.90 Å². The monoisotopic (exact) mass is 810 g/mol. The topological polar surface area (TPSA) is 98.3 Å². The third kappa shape index (κ3) is 38.8. The molecule has 0 atom stereocenters. The van der Waals surface area contributed by atoms with Crippen LogP contribution in [0.15, 0.2) is 0 Å². The Morgan fingerprint density at radius 2 is 1.12 bits per heavy atom. The number of hydrogen-bond donors (Lipinski definition) is 4. The summed E-state index contributed by atoms with van der Waals surface area (Å²) in [7, 11) is 6.04. The average molecular weight is 810 g/mol. The number of Topliss-reactive ketones (excluding diaryl/α,β-unsaturated/α-hetero) is 1. The molecule has 0 aromatic heterocycles. The van der Waals surface area contributed by atoms with E-state index in [2.05, 4.69) is 123 Å². The van der Waals surface area contributed by atoms with E-state index in [1.807, 2.05) is 19.8 Å². The molecule has 9 heteroatoms. The van der Waals surface area contributed by atoms with Gasteiger partial charge in [-0.05, 0) is 144 Å². The van der Waals surface area contributed by atoms with Crippen molar-refractivity contribution in [2.24, 2.45) is 5.41 Å². The number of nitrogens with zero attached hydrogens (tertiary/aromatic N) is 2. The van der Waals surface area contributed by atoms with E-state index in [4.69, 9.17) is 15.9 Å². The Morgan fingerprint density at radius 3 is 1.42 bits per heavy atom. The summed E-state index contributed by atoms with van der Waals surface area (Å²) in [5, 5.41) is 19.8. The van der Waals surface area contributed by atoms with Gasteiger partial charge in [0.2, 0.25) is 5.78 Å². The van der Waals surface area contributed by atoms with Crippen molar-refractivity contribution in [3.8, 4) is 12.3 Å². The van der Waals surface area contributed by atoms with Gasteiger partial charge >= 0.3 is 0 Å². The van der Waals surface area contributed by atoms with Gasteiger partial charge in [-0.1, -0.05) is 55.4 Å². The first-order valence-corrected chi connectivity index (χ1v) is 23.0. The molecule has 0 spiro atoms. The molecule has 0 aromatic carbocycles. The van der Waals surface area contributed by atoms with Crippen LogP contribution in [0.1, 0.15) is 180 Å². The van der Waals surface area contributed by atoms with Crippen molar-refractivity contribution >= 4 is 5.78 Å². The van der Waals surface area contributed by atoms with Gasteiger partial charge in [-0.15, -0.1) is 6.42 Å². The summed E-state index contributed by atoms with van der Waals surface area (Å²) in [4.78, 5) is 15.2. The van der Waals surface area contributed by atoms with Crippen LogP contribution in [0.2, 0.25) is 0 Å². The minimum atomic E-state index is -0.194. The number of rotatable bonds is 16. The third-order valence-electron chi connectivity index (χ3n) is 10.7. The van der Waals surface area contributed by atoms with Gasteiger partial charge in [0.15, 0.2) is 0 Å². The van der Waals surface area contributed by atoms with E-state index >= 15 is 0 Å². The number of aliphatic hydroxyl groups is 1. The number of ether oxygens (including phenoxy) is 2. The quantitative estimate of drug-likeness (QED) is 0.0901. The highest BCUT2D eigenvalue weighted by Crippen LogP contribution is 2.35. The lowest BCUT2D eigenvalue weighted by molar-refractivity contribution is -0.115. The van der Waals surface area contributed by atoms with Crippen molar-refractivity contribution in [2.45, 2.75) is 247 Å². The smallest absolute Gasteiger partial charge is 0.207 e. The number of terminal acetylenes is 1. The minimum absolute atomic E-state index is 0.0276. The molecule has 4 aliphatic carbocycles. The van der Waals surface area contributed by atoms with E-state index in [0.717, 1.165) is 63.0 Å². The lowest BCUT2D eigenvalue weighted by Crippen LogP contribution is -2.39. The first kappa shape index (κ1) is 58.0. The number of aliphatic hydroxyl groups excluding tert-OH is 1. The predicted molar refractivity (Wildman–Crippen MR) is 247 cm³/mol. The van der Waals surface area contributed by atoms with Gasteiger partial charge in [-0.2, -0.15) is 0 Å². The molecular formula is C48H99N5O4. The molecule has 0 aromatic rings. The highest BCUT2D eigenvalue weighted by molar-refractivity contribution is 5.94.